The van der Waals surface area contributed by atoms with Gasteiger partial charge in [-0.1, -0.05) is 0 Å². The summed E-state index contributed by atoms with van der Waals surface area (Å²) in [6.07, 6.45) is 0. The van der Waals surface area contributed by atoms with Gasteiger partial charge in [-0.2, -0.15) is 25.3 Å². The molecule has 0 rings (SSSR count). The summed E-state index contributed by atoms with van der Waals surface area (Å²) in [6, 6.07) is 0. The smallest absolute Gasteiger partial charge is 0.316 e. The topological polar surface area (TPSA) is 26.3 Å². The molecular formula is C5H10O2S3. The van der Waals surface area contributed by atoms with Crippen LogP contribution in [-0.2, 0) is 9.53 Å². The Morgan fingerprint density at radius 3 is 2.70 bits per heavy atom. The number of hydrogen-bond donors (Lipinski definition) is 2. The number of hydrogen-bond acceptors (Lipinski definition) is 5. The van der Waals surface area contributed by atoms with Crippen LogP contribution in [0.15, 0.2) is 0 Å². The first-order valence-corrected chi connectivity index (χ1v) is 5.18. The standard InChI is InChI=1S/C5H10O2S3/c6-5(3-9)7-4-10-2-1-8/h8-9H,1-4H2. The van der Waals surface area contributed by atoms with E-state index < -0.39 is 0 Å². The number of rotatable bonds is 5. The van der Waals surface area contributed by atoms with Gasteiger partial charge in [-0.25, -0.2) is 0 Å². The van der Waals surface area contributed by atoms with E-state index in [1.807, 2.05) is 0 Å². The lowest BCUT2D eigenvalue weighted by molar-refractivity contribution is -0.138. The van der Waals surface area contributed by atoms with Crippen molar-refractivity contribution in [1.82, 2.24) is 0 Å². The highest BCUT2D eigenvalue weighted by Crippen LogP contribution is 2.00. The van der Waals surface area contributed by atoms with E-state index in [-0.39, 0.29) is 11.7 Å². The molecule has 60 valence electrons. The molecule has 0 amide bonds. The summed E-state index contributed by atoms with van der Waals surface area (Å²) in [5.41, 5.74) is 0. The van der Waals surface area contributed by atoms with Crippen LogP contribution in [0.25, 0.3) is 0 Å². The summed E-state index contributed by atoms with van der Waals surface area (Å²) in [5, 5.41) is 0. The van der Waals surface area contributed by atoms with Crippen molar-refractivity contribution in [2.75, 3.05) is 23.2 Å². The summed E-state index contributed by atoms with van der Waals surface area (Å²) in [5.74, 6) is 2.02. The Bertz CT molecular complexity index is 96.9. The quantitative estimate of drug-likeness (QED) is 0.299. The molecule has 5 heteroatoms. The molecule has 0 aliphatic carbocycles. The predicted molar refractivity (Wildman–Crippen MR) is 51.1 cm³/mol. The Balaban J connectivity index is 2.96. The fourth-order valence-corrected chi connectivity index (χ4v) is 1.22. The molecule has 0 bridgehead atoms. The molecule has 0 radical (unpaired) electrons. The Hall–Kier alpha value is 0.520. The van der Waals surface area contributed by atoms with Gasteiger partial charge in [0.15, 0.2) is 0 Å². The fourth-order valence-electron chi connectivity index (χ4n) is 0.277. The van der Waals surface area contributed by atoms with Crippen molar-refractivity contribution >= 4 is 43.0 Å². The minimum Gasteiger partial charge on any atom is -0.454 e. The molecule has 0 aromatic carbocycles. The molecule has 10 heavy (non-hydrogen) atoms. The summed E-state index contributed by atoms with van der Waals surface area (Å²) in [6.45, 7) is 0. The maximum Gasteiger partial charge on any atom is 0.316 e. The normalized spacial score (nSPS) is 9.40. The molecule has 2 nitrogen and oxygen atoms in total. The predicted octanol–water partition coefficient (Wildman–Crippen LogP) is 1.08. The van der Waals surface area contributed by atoms with Gasteiger partial charge in [-0.3, -0.25) is 4.79 Å². The zero-order valence-corrected chi connectivity index (χ0v) is 8.05. The van der Waals surface area contributed by atoms with Crippen molar-refractivity contribution in [2.45, 2.75) is 0 Å². The van der Waals surface area contributed by atoms with Gasteiger partial charge in [-0.05, 0) is 5.75 Å². The zero-order chi connectivity index (χ0) is 7.82. The molecule has 0 atom stereocenters. The molecule has 0 heterocycles. The van der Waals surface area contributed by atoms with E-state index in [1.165, 1.54) is 0 Å². The monoisotopic (exact) mass is 198 g/mol. The molecule has 0 spiro atoms. The van der Waals surface area contributed by atoms with E-state index in [1.54, 1.807) is 11.8 Å². The molecule has 0 N–H and O–H groups in total. The molecule has 0 aromatic heterocycles. The van der Waals surface area contributed by atoms with E-state index in [4.69, 9.17) is 4.74 Å². The van der Waals surface area contributed by atoms with Crippen LogP contribution in [0.3, 0.4) is 0 Å². The number of esters is 1. The van der Waals surface area contributed by atoms with Gasteiger partial charge in [0, 0.05) is 5.75 Å². The van der Waals surface area contributed by atoms with Crippen molar-refractivity contribution in [3.63, 3.8) is 0 Å². The average molecular weight is 198 g/mol. The van der Waals surface area contributed by atoms with E-state index in [0.29, 0.717) is 5.94 Å². The fraction of sp³-hybridized carbons (Fsp3) is 0.800. The SMILES string of the molecule is O=C(CS)OCSCCS. The third-order valence-corrected chi connectivity index (χ3v) is 2.23. The van der Waals surface area contributed by atoms with Gasteiger partial charge in [0.1, 0.15) is 5.94 Å². The summed E-state index contributed by atoms with van der Waals surface area (Å²) < 4.78 is 4.71. The zero-order valence-electron chi connectivity index (χ0n) is 5.45. The Labute approximate surface area is 75.9 Å². The van der Waals surface area contributed by atoms with Gasteiger partial charge in [-0.15, -0.1) is 11.8 Å². The van der Waals surface area contributed by atoms with E-state index in [9.17, 15) is 4.79 Å². The van der Waals surface area contributed by atoms with Gasteiger partial charge in [0.2, 0.25) is 0 Å². The molecule has 0 aliphatic heterocycles. The minimum absolute atomic E-state index is 0.154. The summed E-state index contributed by atoms with van der Waals surface area (Å²) >= 11 is 9.28. The lowest BCUT2D eigenvalue weighted by Gasteiger charge is -1.99. The van der Waals surface area contributed by atoms with E-state index in [0.717, 1.165) is 11.5 Å². The first-order chi connectivity index (χ1) is 4.81. The van der Waals surface area contributed by atoms with Crippen molar-refractivity contribution in [3.05, 3.63) is 0 Å². The third-order valence-electron chi connectivity index (χ3n) is 0.668. The average Bonchev–Trinajstić information content (AvgIpc) is 1.98. The second-order valence-electron chi connectivity index (χ2n) is 1.42. The van der Waals surface area contributed by atoms with E-state index in [2.05, 4.69) is 25.3 Å². The highest BCUT2D eigenvalue weighted by molar-refractivity contribution is 7.99. The van der Waals surface area contributed by atoms with Crippen LogP contribution in [-0.4, -0.2) is 29.2 Å². The largest absolute Gasteiger partial charge is 0.454 e. The van der Waals surface area contributed by atoms with Crippen LogP contribution in [0.2, 0.25) is 0 Å². The van der Waals surface area contributed by atoms with Crippen LogP contribution in [0.4, 0.5) is 0 Å². The summed E-state index contributed by atoms with van der Waals surface area (Å²) in [7, 11) is 0. The first-order valence-electron chi connectivity index (χ1n) is 2.76. The number of carbonyl (C=O) groups is 1. The Kier molecular flexibility index (Phi) is 8.02. The Morgan fingerprint density at radius 2 is 2.20 bits per heavy atom. The van der Waals surface area contributed by atoms with Crippen molar-refractivity contribution < 1.29 is 9.53 Å². The maximum absolute atomic E-state index is 10.4. The van der Waals surface area contributed by atoms with Crippen LogP contribution in [0, 0.1) is 0 Å². The van der Waals surface area contributed by atoms with Gasteiger partial charge >= 0.3 is 5.97 Å². The number of ether oxygens (including phenoxy) is 1. The van der Waals surface area contributed by atoms with Crippen LogP contribution in [0.5, 0.6) is 0 Å². The number of thioether (sulfide) groups is 1. The molecule has 0 unspecified atom stereocenters. The van der Waals surface area contributed by atoms with Crippen molar-refractivity contribution in [1.29, 1.82) is 0 Å². The highest BCUT2D eigenvalue weighted by Gasteiger charge is 1.96. The molecule has 0 saturated heterocycles. The molecule has 0 aliphatic rings. The van der Waals surface area contributed by atoms with E-state index >= 15 is 0 Å². The lowest BCUT2D eigenvalue weighted by atomic mass is 10.8. The molecule has 0 fully saturated rings. The van der Waals surface area contributed by atoms with Crippen molar-refractivity contribution in [3.8, 4) is 0 Å². The summed E-state index contributed by atoms with van der Waals surface area (Å²) in [4.78, 5) is 10.4. The third kappa shape index (κ3) is 6.64. The highest BCUT2D eigenvalue weighted by atomic mass is 32.2. The maximum atomic E-state index is 10.4. The van der Waals surface area contributed by atoms with Gasteiger partial charge in [0.05, 0.1) is 5.75 Å². The second-order valence-corrected chi connectivity index (χ2v) is 3.24. The number of carbonyl (C=O) groups excluding carboxylic acids is 1. The van der Waals surface area contributed by atoms with Crippen LogP contribution >= 0.6 is 37.0 Å². The second kappa shape index (κ2) is 7.63. The van der Waals surface area contributed by atoms with Crippen molar-refractivity contribution in [2.24, 2.45) is 0 Å². The molecule has 0 aromatic rings. The molecular weight excluding hydrogens is 188 g/mol. The number of thiol groups is 2. The van der Waals surface area contributed by atoms with Gasteiger partial charge < -0.3 is 4.74 Å². The van der Waals surface area contributed by atoms with Crippen LogP contribution < -0.4 is 0 Å². The minimum atomic E-state index is -0.269. The van der Waals surface area contributed by atoms with Gasteiger partial charge in [0.25, 0.3) is 0 Å². The first kappa shape index (κ1) is 10.5. The Morgan fingerprint density at radius 1 is 1.50 bits per heavy atom. The lowest BCUT2D eigenvalue weighted by Crippen LogP contribution is -2.05. The van der Waals surface area contributed by atoms with Crippen LogP contribution in [0.1, 0.15) is 0 Å². The molecule has 0 saturated carbocycles.